The molecule has 2 heteroatoms. The smallest absolute Gasteiger partial charge is 0.126 e. The minimum atomic E-state index is -0.163. The second-order valence-electron chi connectivity index (χ2n) is 4.02. The van der Waals surface area contributed by atoms with Gasteiger partial charge >= 0.3 is 0 Å². The largest absolute Gasteiger partial charge is 0.207 e. The van der Waals surface area contributed by atoms with E-state index in [1.165, 1.54) is 11.6 Å². The van der Waals surface area contributed by atoms with Crippen LogP contribution in [0.3, 0.4) is 0 Å². The van der Waals surface area contributed by atoms with Crippen molar-refractivity contribution >= 4 is 17.7 Å². The van der Waals surface area contributed by atoms with Crippen molar-refractivity contribution in [2.24, 2.45) is 5.92 Å². The van der Waals surface area contributed by atoms with Crippen LogP contribution in [-0.2, 0) is 0 Å². The van der Waals surface area contributed by atoms with Crippen LogP contribution in [0.1, 0.15) is 25.0 Å². The molecule has 0 nitrogen and oxygen atoms in total. The van der Waals surface area contributed by atoms with Gasteiger partial charge in [-0.3, -0.25) is 0 Å². The summed E-state index contributed by atoms with van der Waals surface area (Å²) in [5.74, 6) is 0.783. The highest BCUT2D eigenvalue weighted by atomic mass is 35.5. The predicted molar refractivity (Wildman–Crippen MR) is 64.7 cm³/mol. The average molecular weight is 227 g/mol. The standard InChI is InChI=1S/C13H16ClF/c1-9(2)12(8-14)7-11-4-5-13(15)10(3)6-11/h4-7,9H,8H2,1-3H3/b12-7+. The second-order valence-corrected chi connectivity index (χ2v) is 4.28. The minimum absolute atomic E-state index is 0.163. The number of hydrogen-bond acceptors (Lipinski definition) is 0. The van der Waals surface area contributed by atoms with Crippen LogP contribution in [0, 0.1) is 18.7 Å². The summed E-state index contributed by atoms with van der Waals surface area (Å²) in [7, 11) is 0. The van der Waals surface area contributed by atoms with Gasteiger partial charge in [0.15, 0.2) is 0 Å². The Bertz CT molecular complexity index is 367. The Labute approximate surface area is 95.8 Å². The number of rotatable bonds is 3. The van der Waals surface area contributed by atoms with Crippen LogP contribution < -0.4 is 0 Å². The Kier molecular flexibility index (Phi) is 4.34. The van der Waals surface area contributed by atoms with Crippen molar-refractivity contribution in [3.8, 4) is 0 Å². The van der Waals surface area contributed by atoms with Gasteiger partial charge in [0.25, 0.3) is 0 Å². The molecule has 0 saturated carbocycles. The molecule has 0 unspecified atom stereocenters. The summed E-state index contributed by atoms with van der Waals surface area (Å²) in [6, 6.07) is 5.11. The molecule has 0 amide bonds. The van der Waals surface area contributed by atoms with Crippen molar-refractivity contribution in [1.82, 2.24) is 0 Å². The molecule has 0 fully saturated rings. The van der Waals surface area contributed by atoms with E-state index in [1.54, 1.807) is 13.0 Å². The van der Waals surface area contributed by atoms with Crippen molar-refractivity contribution in [2.75, 3.05) is 5.88 Å². The molecule has 1 aromatic carbocycles. The van der Waals surface area contributed by atoms with E-state index in [1.807, 2.05) is 12.1 Å². The number of hydrogen-bond donors (Lipinski definition) is 0. The average Bonchev–Trinajstić information content (AvgIpc) is 2.19. The van der Waals surface area contributed by atoms with E-state index in [0.29, 0.717) is 17.4 Å². The van der Waals surface area contributed by atoms with Crippen LogP contribution >= 0.6 is 11.6 Å². The van der Waals surface area contributed by atoms with E-state index < -0.39 is 0 Å². The number of benzene rings is 1. The third kappa shape index (κ3) is 3.35. The van der Waals surface area contributed by atoms with Crippen LogP contribution in [0.5, 0.6) is 0 Å². The van der Waals surface area contributed by atoms with E-state index in [4.69, 9.17) is 11.6 Å². The molecule has 0 aliphatic heterocycles. The summed E-state index contributed by atoms with van der Waals surface area (Å²) >= 11 is 5.84. The first kappa shape index (κ1) is 12.3. The molecular formula is C13H16ClF. The molecule has 0 aliphatic rings. The fraction of sp³-hybridized carbons (Fsp3) is 0.385. The number of aryl methyl sites for hydroxylation is 1. The normalized spacial score (nSPS) is 12.3. The van der Waals surface area contributed by atoms with E-state index >= 15 is 0 Å². The lowest BCUT2D eigenvalue weighted by Gasteiger charge is -2.08. The van der Waals surface area contributed by atoms with E-state index in [-0.39, 0.29) is 5.82 Å². The maximum Gasteiger partial charge on any atom is 0.126 e. The van der Waals surface area contributed by atoms with Gasteiger partial charge in [-0.2, -0.15) is 0 Å². The molecule has 82 valence electrons. The van der Waals surface area contributed by atoms with E-state index in [9.17, 15) is 4.39 Å². The van der Waals surface area contributed by atoms with Crippen molar-refractivity contribution in [3.05, 3.63) is 40.7 Å². The molecule has 0 radical (unpaired) electrons. The molecule has 1 rings (SSSR count). The van der Waals surface area contributed by atoms with Gasteiger partial charge in [-0.05, 0) is 36.1 Å². The SMILES string of the molecule is Cc1cc(/C=C(\CCl)C(C)C)ccc1F. The van der Waals surface area contributed by atoms with Crippen molar-refractivity contribution in [2.45, 2.75) is 20.8 Å². The van der Waals surface area contributed by atoms with Gasteiger partial charge < -0.3 is 0 Å². The summed E-state index contributed by atoms with van der Waals surface area (Å²) in [5.41, 5.74) is 2.85. The lowest BCUT2D eigenvalue weighted by molar-refractivity contribution is 0.618. The van der Waals surface area contributed by atoms with Gasteiger partial charge in [0.2, 0.25) is 0 Å². The molecule has 15 heavy (non-hydrogen) atoms. The minimum Gasteiger partial charge on any atom is -0.207 e. The first-order valence-electron chi connectivity index (χ1n) is 5.07. The van der Waals surface area contributed by atoms with Crippen LogP contribution in [0.4, 0.5) is 4.39 Å². The van der Waals surface area contributed by atoms with Crippen LogP contribution in [0.15, 0.2) is 23.8 Å². The highest BCUT2D eigenvalue weighted by Gasteiger charge is 2.03. The number of allylic oxidation sites excluding steroid dienone is 1. The summed E-state index contributed by atoms with van der Waals surface area (Å²) in [5, 5.41) is 0. The zero-order chi connectivity index (χ0) is 11.4. The Morgan fingerprint density at radius 1 is 1.47 bits per heavy atom. The molecule has 1 aromatic rings. The van der Waals surface area contributed by atoms with Crippen molar-refractivity contribution in [3.63, 3.8) is 0 Å². The molecule has 0 bridgehead atoms. The zero-order valence-corrected chi connectivity index (χ0v) is 10.1. The van der Waals surface area contributed by atoms with Gasteiger partial charge in [-0.1, -0.05) is 31.6 Å². The zero-order valence-electron chi connectivity index (χ0n) is 9.35. The fourth-order valence-corrected chi connectivity index (χ4v) is 1.72. The van der Waals surface area contributed by atoms with Gasteiger partial charge in [0, 0.05) is 5.88 Å². The molecule has 0 atom stereocenters. The second kappa shape index (κ2) is 5.32. The van der Waals surface area contributed by atoms with E-state index in [0.717, 1.165) is 5.56 Å². The molecule has 0 spiro atoms. The topological polar surface area (TPSA) is 0 Å². The Morgan fingerprint density at radius 3 is 2.60 bits per heavy atom. The Morgan fingerprint density at radius 2 is 2.13 bits per heavy atom. The number of halogens is 2. The van der Waals surface area contributed by atoms with Crippen LogP contribution in [0.25, 0.3) is 6.08 Å². The highest BCUT2D eigenvalue weighted by molar-refractivity contribution is 6.19. The van der Waals surface area contributed by atoms with Crippen molar-refractivity contribution < 1.29 is 4.39 Å². The Balaban J connectivity index is 3.01. The van der Waals surface area contributed by atoms with Gasteiger partial charge in [0.1, 0.15) is 5.82 Å². The highest BCUT2D eigenvalue weighted by Crippen LogP contribution is 2.18. The van der Waals surface area contributed by atoms with Crippen LogP contribution in [0.2, 0.25) is 0 Å². The molecule has 0 N–H and O–H groups in total. The fourth-order valence-electron chi connectivity index (χ4n) is 1.33. The molecule has 0 heterocycles. The first-order chi connectivity index (χ1) is 7.04. The summed E-state index contributed by atoms with van der Waals surface area (Å²) in [4.78, 5) is 0. The Hall–Kier alpha value is -0.820. The molecular weight excluding hydrogens is 211 g/mol. The molecule has 0 aliphatic carbocycles. The maximum absolute atomic E-state index is 13.0. The quantitative estimate of drug-likeness (QED) is 0.670. The monoisotopic (exact) mass is 226 g/mol. The third-order valence-corrected chi connectivity index (χ3v) is 2.74. The summed E-state index contributed by atoms with van der Waals surface area (Å²) in [6.45, 7) is 5.97. The van der Waals surface area contributed by atoms with Gasteiger partial charge in [-0.25, -0.2) is 4.39 Å². The third-order valence-electron chi connectivity index (χ3n) is 2.43. The van der Waals surface area contributed by atoms with Gasteiger partial charge in [-0.15, -0.1) is 11.6 Å². The lowest BCUT2D eigenvalue weighted by atomic mass is 10.0. The first-order valence-corrected chi connectivity index (χ1v) is 5.60. The van der Waals surface area contributed by atoms with E-state index in [2.05, 4.69) is 13.8 Å². The predicted octanol–water partition coefficient (Wildman–Crippen LogP) is 4.41. The summed E-state index contributed by atoms with van der Waals surface area (Å²) in [6.07, 6.45) is 2.03. The molecule has 0 aromatic heterocycles. The van der Waals surface area contributed by atoms with Crippen LogP contribution in [-0.4, -0.2) is 5.88 Å². The van der Waals surface area contributed by atoms with Crippen molar-refractivity contribution in [1.29, 1.82) is 0 Å². The maximum atomic E-state index is 13.0. The summed E-state index contributed by atoms with van der Waals surface area (Å²) < 4.78 is 13.0. The molecule has 0 saturated heterocycles. The lowest BCUT2D eigenvalue weighted by Crippen LogP contribution is -1.95. The number of alkyl halides is 1. The van der Waals surface area contributed by atoms with Gasteiger partial charge in [0.05, 0.1) is 0 Å².